The molecule has 2 aromatic heterocycles. The lowest BCUT2D eigenvalue weighted by Gasteiger charge is -2.12. The van der Waals surface area contributed by atoms with Crippen LogP contribution >= 0.6 is 0 Å². The summed E-state index contributed by atoms with van der Waals surface area (Å²) in [7, 11) is 0. The van der Waals surface area contributed by atoms with E-state index in [-0.39, 0.29) is 11.8 Å². The first-order valence-corrected chi connectivity index (χ1v) is 18.9. The average Bonchev–Trinajstić information content (AvgIpc) is 3.95. The molecule has 0 saturated heterocycles. The highest BCUT2D eigenvalue weighted by Gasteiger charge is 2.29. The van der Waals surface area contributed by atoms with E-state index in [0.29, 0.717) is 34.2 Å². The van der Waals surface area contributed by atoms with Gasteiger partial charge in [-0.05, 0) is 78.8 Å². The van der Waals surface area contributed by atoms with Crippen LogP contribution in [0.25, 0.3) is 102 Å². The van der Waals surface area contributed by atoms with Crippen molar-refractivity contribution in [2.45, 2.75) is 11.8 Å². The molecule has 13 rings (SSSR count). The van der Waals surface area contributed by atoms with Crippen LogP contribution in [0.15, 0.2) is 121 Å². The molecule has 3 aliphatic heterocycles. The number of fused-ring (bicyclic) bond motifs is 22. The monoisotopic (exact) mass is 716 g/mol. The van der Waals surface area contributed by atoms with Gasteiger partial charge in [-0.25, -0.2) is 29.9 Å². The number of benzene rings is 6. The zero-order valence-electron chi connectivity index (χ0n) is 29.7. The molecule has 0 amide bonds. The van der Waals surface area contributed by atoms with E-state index in [1.165, 1.54) is 0 Å². The first-order valence-electron chi connectivity index (χ1n) is 18.9. The lowest BCUT2D eigenvalue weighted by molar-refractivity contribution is 0.933. The second-order valence-corrected chi connectivity index (χ2v) is 14.9. The fourth-order valence-corrected chi connectivity index (χ4v) is 8.89. The van der Waals surface area contributed by atoms with Gasteiger partial charge in [0.1, 0.15) is 28.4 Å². The lowest BCUT2D eigenvalue weighted by Crippen LogP contribution is -2.30. The van der Waals surface area contributed by atoms with E-state index in [2.05, 4.69) is 156 Å². The van der Waals surface area contributed by atoms with Crippen LogP contribution in [0.1, 0.15) is 23.5 Å². The van der Waals surface area contributed by atoms with Crippen molar-refractivity contribution >= 4 is 79.1 Å². The summed E-state index contributed by atoms with van der Waals surface area (Å²) in [5.41, 5.74) is 6.66. The van der Waals surface area contributed by atoms with Crippen LogP contribution < -0.4 is 31.8 Å². The zero-order valence-corrected chi connectivity index (χ0v) is 29.7. The Labute approximate surface area is 317 Å². The standard InChI is InChI=1S/C48H28N8/c1-2-10-26-18-34-33(17-25(26)9-1)41-49-42(34)54-44-37-21-29-13-5-6-14-30(29)22-38(37)46(51-44)56-48-40-24-32-16-8-7-15-31(32)23-39(40)47(52-48)55-45-36-20-28-12-4-3-11-27(28)19-35(36)43(50-45)53-41/h1-24,33,36H,(H,49,53)(H,50,51,52,54,55,56). The number of H-pyrrole nitrogens is 2. The van der Waals surface area contributed by atoms with Crippen LogP contribution in [0.2, 0.25) is 0 Å². The number of nitrogens with zero attached hydrogens (tertiary/aromatic N) is 6. The molecule has 2 aliphatic carbocycles. The topological polar surface area (TPSA) is 109 Å². The van der Waals surface area contributed by atoms with E-state index in [1.807, 2.05) is 0 Å². The van der Waals surface area contributed by atoms with Gasteiger partial charge >= 0.3 is 0 Å². The summed E-state index contributed by atoms with van der Waals surface area (Å²) in [6.45, 7) is 0. The molecule has 2 atom stereocenters. The van der Waals surface area contributed by atoms with Crippen LogP contribution in [0.5, 0.6) is 0 Å². The number of hydrogen-bond acceptors (Lipinski definition) is 6. The maximum atomic E-state index is 5.38. The fraction of sp³-hybridized carbons (Fsp3) is 0.0417. The Morgan fingerprint density at radius 1 is 0.429 bits per heavy atom. The summed E-state index contributed by atoms with van der Waals surface area (Å²) in [4.78, 5) is 39.1. The molecule has 2 N–H and O–H groups in total. The van der Waals surface area contributed by atoms with Gasteiger partial charge in [0.25, 0.3) is 0 Å². The summed E-state index contributed by atoms with van der Waals surface area (Å²) >= 11 is 0. The van der Waals surface area contributed by atoms with E-state index < -0.39 is 0 Å². The van der Waals surface area contributed by atoms with E-state index in [9.17, 15) is 0 Å². The highest BCUT2D eigenvalue weighted by atomic mass is 15.1. The third kappa shape index (κ3) is 4.35. The largest absolute Gasteiger partial charge is 0.327 e. The molecule has 56 heavy (non-hydrogen) atoms. The van der Waals surface area contributed by atoms with Crippen molar-refractivity contribution in [1.29, 1.82) is 0 Å². The predicted octanol–water partition coefficient (Wildman–Crippen LogP) is 4.83. The number of aromatic nitrogens is 8. The molecule has 5 heterocycles. The third-order valence-corrected chi connectivity index (χ3v) is 11.6. The molecule has 0 spiro atoms. The molecule has 8 bridgehead atoms. The molecule has 0 fully saturated rings. The molecule has 8 aromatic rings. The maximum absolute atomic E-state index is 5.38. The van der Waals surface area contributed by atoms with E-state index >= 15 is 0 Å². The Balaban J connectivity index is 1.22. The summed E-state index contributed by atoms with van der Waals surface area (Å²) in [5.74, 6) is 2.24. The molecular formula is C48H28N8. The first-order chi connectivity index (χ1) is 27.7. The summed E-state index contributed by atoms with van der Waals surface area (Å²) in [6, 6.07) is 42.4. The van der Waals surface area contributed by atoms with Gasteiger partial charge in [-0.2, -0.15) is 0 Å². The second-order valence-electron chi connectivity index (χ2n) is 14.9. The van der Waals surface area contributed by atoms with Gasteiger partial charge in [0.15, 0.2) is 17.1 Å². The lowest BCUT2D eigenvalue weighted by atomic mass is 9.92. The minimum Gasteiger partial charge on any atom is -0.327 e. The molecule has 8 heteroatoms. The van der Waals surface area contributed by atoms with Crippen molar-refractivity contribution in [3.05, 3.63) is 165 Å². The van der Waals surface area contributed by atoms with Crippen molar-refractivity contribution in [1.82, 2.24) is 39.9 Å². The van der Waals surface area contributed by atoms with Gasteiger partial charge in [0.2, 0.25) is 0 Å². The minimum absolute atomic E-state index is 0.149. The zero-order chi connectivity index (χ0) is 36.5. The van der Waals surface area contributed by atoms with Crippen molar-refractivity contribution in [2.24, 2.45) is 0 Å². The number of rotatable bonds is 0. The number of nitrogens with one attached hydrogen (secondary N) is 2. The molecule has 0 radical (unpaired) electrons. The van der Waals surface area contributed by atoms with Crippen molar-refractivity contribution in [3.8, 4) is 22.8 Å². The van der Waals surface area contributed by atoms with Crippen molar-refractivity contribution < 1.29 is 0 Å². The van der Waals surface area contributed by atoms with Crippen LogP contribution in [0.4, 0.5) is 0 Å². The molecule has 6 aromatic carbocycles. The number of aromatic amines is 2. The SMILES string of the molecule is C1=c2ccccc2=CC2C1=c1nc2nc2nc(nc3[nH]c(nc4[nH]c(n1)C1C=c5ccccc5=CC=41)c1cc4ccccc4cc31)-c1cc3ccccc3cc1-2. The van der Waals surface area contributed by atoms with Gasteiger partial charge in [0, 0.05) is 33.0 Å². The molecule has 0 saturated carbocycles. The van der Waals surface area contributed by atoms with E-state index in [1.54, 1.807) is 0 Å². The Morgan fingerprint density at radius 2 is 0.964 bits per heavy atom. The van der Waals surface area contributed by atoms with Gasteiger partial charge in [-0.15, -0.1) is 0 Å². The molecule has 260 valence electrons. The smallest absolute Gasteiger partial charge is 0.164 e. The normalized spacial score (nSPS) is 16.7. The van der Waals surface area contributed by atoms with Crippen molar-refractivity contribution in [3.63, 3.8) is 0 Å². The summed E-state index contributed by atoms with van der Waals surface area (Å²) < 4.78 is 0. The highest BCUT2D eigenvalue weighted by Crippen LogP contribution is 2.39. The second kappa shape index (κ2) is 11.0. The Bertz CT molecular complexity index is 3740. The Hall–Kier alpha value is -7.58. The third-order valence-electron chi connectivity index (χ3n) is 11.6. The first kappa shape index (κ1) is 29.8. The van der Waals surface area contributed by atoms with Crippen LogP contribution in [0.3, 0.4) is 0 Å². The molecular weight excluding hydrogens is 689 g/mol. The molecule has 5 aliphatic rings. The maximum Gasteiger partial charge on any atom is 0.164 e. The van der Waals surface area contributed by atoms with Gasteiger partial charge in [-0.1, -0.05) is 109 Å². The average molecular weight is 717 g/mol. The van der Waals surface area contributed by atoms with Crippen LogP contribution in [-0.4, -0.2) is 39.9 Å². The number of hydrogen-bond donors (Lipinski definition) is 2. The fourth-order valence-electron chi connectivity index (χ4n) is 8.89. The van der Waals surface area contributed by atoms with Crippen LogP contribution in [-0.2, 0) is 0 Å². The highest BCUT2D eigenvalue weighted by molar-refractivity contribution is 6.11. The molecule has 8 nitrogen and oxygen atoms in total. The Kier molecular flexibility index (Phi) is 5.85. The van der Waals surface area contributed by atoms with Crippen molar-refractivity contribution in [2.75, 3.05) is 0 Å². The van der Waals surface area contributed by atoms with Gasteiger partial charge in [-0.3, -0.25) is 0 Å². The quantitative estimate of drug-likeness (QED) is 0.233. The summed E-state index contributed by atoms with van der Waals surface area (Å²) in [6.07, 6.45) is 8.97. The predicted molar refractivity (Wildman–Crippen MR) is 221 cm³/mol. The van der Waals surface area contributed by atoms with Gasteiger partial charge < -0.3 is 9.97 Å². The van der Waals surface area contributed by atoms with E-state index in [0.717, 1.165) is 86.8 Å². The Morgan fingerprint density at radius 3 is 1.62 bits per heavy atom. The van der Waals surface area contributed by atoms with Gasteiger partial charge in [0.05, 0.1) is 11.8 Å². The molecule has 2 unspecified atom stereocenters. The minimum atomic E-state index is -0.198. The van der Waals surface area contributed by atoms with Crippen LogP contribution in [0, 0.1) is 0 Å². The summed E-state index contributed by atoms with van der Waals surface area (Å²) in [5, 5.41) is 11.0. The van der Waals surface area contributed by atoms with E-state index in [4.69, 9.17) is 29.9 Å².